The SMILES string of the molecule is COC(=O)Cc1cc(N)cc(Cl)c1Cl. The van der Waals surface area contributed by atoms with Crippen molar-refractivity contribution in [3.05, 3.63) is 27.7 Å². The van der Waals surface area contributed by atoms with Crippen LogP contribution < -0.4 is 5.73 Å². The third-order valence-electron chi connectivity index (χ3n) is 1.69. The molecule has 3 nitrogen and oxygen atoms in total. The summed E-state index contributed by atoms with van der Waals surface area (Å²) in [6, 6.07) is 3.13. The number of ether oxygens (including phenoxy) is 1. The van der Waals surface area contributed by atoms with Crippen molar-refractivity contribution in [1.29, 1.82) is 0 Å². The lowest BCUT2D eigenvalue weighted by Gasteiger charge is -2.06. The van der Waals surface area contributed by atoms with Gasteiger partial charge in [0.25, 0.3) is 0 Å². The number of hydrogen-bond acceptors (Lipinski definition) is 3. The van der Waals surface area contributed by atoms with Crippen LogP contribution in [-0.2, 0) is 16.0 Å². The van der Waals surface area contributed by atoms with Crippen molar-refractivity contribution in [2.24, 2.45) is 0 Å². The van der Waals surface area contributed by atoms with E-state index in [2.05, 4.69) is 4.74 Å². The molecule has 0 saturated heterocycles. The topological polar surface area (TPSA) is 52.3 Å². The molecular weight excluding hydrogens is 225 g/mol. The molecule has 5 heteroatoms. The van der Waals surface area contributed by atoms with E-state index in [-0.39, 0.29) is 12.4 Å². The van der Waals surface area contributed by atoms with E-state index in [1.165, 1.54) is 13.2 Å². The van der Waals surface area contributed by atoms with Crippen LogP contribution in [-0.4, -0.2) is 13.1 Å². The van der Waals surface area contributed by atoms with Crippen LogP contribution in [0.25, 0.3) is 0 Å². The maximum absolute atomic E-state index is 11.0. The van der Waals surface area contributed by atoms with Gasteiger partial charge < -0.3 is 10.5 Å². The average molecular weight is 234 g/mol. The second kappa shape index (κ2) is 4.53. The van der Waals surface area contributed by atoms with Crippen molar-refractivity contribution in [1.82, 2.24) is 0 Å². The van der Waals surface area contributed by atoms with E-state index in [1.807, 2.05) is 0 Å². The van der Waals surface area contributed by atoms with Crippen molar-refractivity contribution in [3.8, 4) is 0 Å². The first-order valence-corrected chi connectivity index (χ1v) is 4.60. The van der Waals surface area contributed by atoms with Crippen molar-refractivity contribution < 1.29 is 9.53 Å². The number of nitrogen functional groups attached to an aromatic ring is 1. The summed E-state index contributed by atoms with van der Waals surface area (Å²) in [6.07, 6.45) is 0.0695. The van der Waals surface area contributed by atoms with Gasteiger partial charge in [0.15, 0.2) is 0 Å². The summed E-state index contributed by atoms with van der Waals surface area (Å²) in [5.41, 5.74) is 6.59. The first-order valence-electron chi connectivity index (χ1n) is 3.84. The zero-order chi connectivity index (χ0) is 10.7. The Morgan fingerprint density at radius 1 is 1.50 bits per heavy atom. The fourth-order valence-corrected chi connectivity index (χ4v) is 1.45. The van der Waals surface area contributed by atoms with Gasteiger partial charge in [0.1, 0.15) is 0 Å². The molecule has 0 radical (unpaired) electrons. The Labute approximate surface area is 91.7 Å². The molecule has 1 aromatic rings. The van der Waals surface area contributed by atoms with Gasteiger partial charge >= 0.3 is 5.97 Å². The van der Waals surface area contributed by atoms with Gasteiger partial charge in [-0.2, -0.15) is 0 Å². The van der Waals surface area contributed by atoms with Crippen LogP contribution in [0.3, 0.4) is 0 Å². The number of rotatable bonds is 2. The molecule has 0 aliphatic carbocycles. The lowest BCUT2D eigenvalue weighted by Crippen LogP contribution is -2.05. The predicted molar refractivity (Wildman–Crippen MR) is 56.6 cm³/mol. The molecule has 0 aliphatic rings. The van der Waals surface area contributed by atoms with E-state index >= 15 is 0 Å². The number of carbonyl (C=O) groups excluding carboxylic acids is 1. The number of anilines is 1. The maximum atomic E-state index is 11.0. The number of benzene rings is 1. The van der Waals surface area contributed by atoms with Crippen LogP contribution in [0, 0.1) is 0 Å². The number of methoxy groups -OCH3 is 1. The van der Waals surface area contributed by atoms with E-state index < -0.39 is 0 Å². The first-order chi connectivity index (χ1) is 6.54. The highest BCUT2D eigenvalue weighted by molar-refractivity contribution is 6.42. The molecule has 1 aromatic carbocycles. The van der Waals surface area contributed by atoms with Gasteiger partial charge in [-0.3, -0.25) is 4.79 Å². The number of carbonyl (C=O) groups is 1. The molecule has 1 rings (SSSR count). The van der Waals surface area contributed by atoms with E-state index in [1.54, 1.807) is 6.07 Å². The van der Waals surface area contributed by atoms with Gasteiger partial charge in [-0.1, -0.05) is 23.2 Å². The minimum absolute atomic E-state index is 0.0695. The number of nitrogens with two attached hydrogens (primary N) is 1. The molecule has 14 heavy (non-hydrogen) atoms. The molecule has 76 valence electrons. The Bertz CT molecular complexity index is 366. The molecule has 0 spiro atoms. The molecule has 0 atom stereocenters. The third kappa shape index (κ3) is 2.53. The van der Waals surface area contributed by atoms with Crippen molar-refractivity contribution in [3.63, 3.8) is 0 Å². The van der Waals surface area contributed by atoms with Crippen LogP contribution in [0.2, 0.25) is 10.0 Å². The fraction of sp³-hybridized carbons (Fsp3) is 0.222. The maximum Gasteiger partial charge on any atom is 0.310 e. The molecule has 0 unspecified atom stereocenters. The zero-order valence-electron chi connectivity index (χ0n) is 7.51. The van der Waals surface area contributed by atoms with Crippen molar-refractivity contribution >= 4 is 34.9 Å². The minimum Gasteiger partial charge on any atom is -0.469 e. The van der Waals surface area contributed by atoms with Crippen LogP contribution >= 0.6 is 23.2 Å². The number of esters is 1. The van der Waals surface area contributed by atoms with Crippen LogP contribution in [0.1, 0.15) is 5.56 Å². The summed E-state index contributed by atoms with van der Waals surface area (Å²) in [5.74, 6) is -0.381. The second-order valence-electron chi connectivity index (χ2n) is 2.73. The van der Waals surface area contributed by atoms with Gasteiger partial charge in [0.05, 0.1) is 23.6 Å². The molecular formula is C9H9Cl2NO2. The molecule has 0 aromatic heterocycles. The average Bonchev–Trinajstić information content (AvgIpc) is 2.13. The van der Waals surface area contributed by atoms with E-state index in [0.29, 0.717) is 21.3 Å². The van der Waals surface area contributed by atoms with Gasteiger partial charge in [0.2, 0.25) is 0 Å². The second-order valence-corrected chi connectivity index (χ2v) is 3.51. The zero-order valence-corrected chi connectivity index (χ0v) is 9.02. The standard InChI is InChI=1S/C9H9Cl2NO2/c1-14-8(13)3-5-2-6(12)4-7(10)9(5)11/h2,4H,3,12H2,1H3. The van der Waals surface area contributed by atoms with E-state index in [4.69, 9.17) is 28.9 Å². The van der Waals surface area contributed by atoms with Crippen LogP contribution in [0.15, 0.2) is 12.1 Å². The molecule has 2 N–H and O–H groups in total. The Kier molecular flexibility index (Phi) is 3.61. The summed E-state index contributed by atoms with van der Waals surface area (Å²) in [7, 11) is 1.31. The number of halogens is 2. The molecule has 0 bridgehead atoms. The van der Waals surface area contributed by atoms with E-state index in [9.17, 15) is 4.79 Å². The van der Waals surface area contributed by atoms with E-state index in [0.717, 1.165) is 0 Å². The smallest absolute Gasteiger partial charge is 0.310 e. The first kappa shape index (κ1) is 11.1. The van der Waals surface area contributed by atoms with Gasteiger partial charge in [-0.25, -0.2) is 0 Å². The summed E-state index contributed by atoms with van der Waals surface area (Å²) in [6.45, 7) is 0. The Balaban J connectivity index is 3.02. The Morgan fingerprint density at radius 2 is 2.14 bits per heavy atom. The number of hydrogen-bond donors (Lipinski definition) is 1. The summed E-state index contributed by atoms with van der Waals surface area (Å²) in [4.78, 5) is 11.0. The van der Waals surface area contributed by atoms with Crippen molar-refractivity contribution in [2.45, 2.75) is 6.42 Å². The van der Waals surface area contributed by atoms with Crippen molar-refractivity contribution in [2.75, 3.05) is 12.8 Å². The monoisotopic (exact) mass is 233 g/mol. The molecule has 0 amide bonds. The van der Waals surface area contributed by atoms with Crippen LogP contribution in [0.4, 0.5) is 5.69 Å². The normalized spacial score (nSPS) is 9.93. The minimum atomic E-state index is -0.381. The lowest BCUT2D eigenvalue weighted by molar-refractivity contribution is -0.139. The van der Waals surface area contributed by atoms with Crippen LogP contribution in [0.5, 0.6) is 0 Å². The summed E-state index contributed by atoms with van der Waals surface area (Å²) < 4.78 is 4.51. The third-order valence-corrected chi connectivity index (χ3v) is 2.53. The summed E-state index contributed by atoms with van der Waals surface area (Å²) >= 11 is 11.7. The van der Waals surface area contributed by atoms with Gasteiger partial charge in [-0.05, 0) is 17.7 Å². The Morgan fingerprint density at radius 3 is 2.71 bits per heavy atom. The molecule has 0 saturated carbocycles. The predicted octanol–water partition coefficient (Wildman–Crippen LogP) is 2.29. The molecule has 0 aliphatic heterocycles. The Hall–Kier alpha value is -0.930. The highest BCUT2D eigenvalue weighted by Gasteiger charge is 2.10. The van der Waals surface area contributed by atoms with Gasteiger partial charge in [0, 0.05) is 5.69 Å². The fourth-order valence-electron chi connectivity index (χ4n) is 1.03. The quantitative estimate of drug-likeness (QED) is 0.630. The largest absolute Gasteiger partial charge is 0.469 e. The summed E-state index contributed by atoms with van der Waals surface area (Å²) in [5, 5.41) is 0.678. The molecule has 0 heterocycles. The highest BCUT2D eigenvalue weighted by Crippen LogP contribution is 2.29. The highest BCUT2D eigenvalue weighted by atomic mass is 35.5. The van der Waals surface area contributed by atoms with Gasteiger partial charge in [-0.15, -0.1) is 0 Å². The molecule has 0 fully saturated rings. The lowest BCUT2D eigenvalue weighted by atomic mass is 10.1.